The van der Waals surface area contributed by atoms with Gasteiger partial charge >= 0.3 is 0 Å². The molecule has 8 heteroatoms. The molecule has 35 heavy (non-hydrogen) atoms. The SMILES string of the molecule is COc1cc(OC)c(/C=c2/sc3n(c2=O)C(c2cccs2)C2=C(N=3)c3ccccc3CC2)cc1Br. The maximum atomic E-state index is 13.8. The largest absolute Gasteiger partial charge is 0.496 e. The molecule has 1 unspecified atom stereocenters. The van der Waals surface area contributed by atoms with E-state index in [9.17, 15) is 4.79 Å². The lowest BCUT2D eigenvalue weighted by Gasteiger charge is -2.30. The Labute approximate surface area is 218 Å². The zero-order valence-electron chi connectivity index (χ0n) is 19.1. The molecule has 2 aromatic carbocycles. The molecule has 1 aliphatic carbocycles. The Morgan fingerprint density at radius 1 is 1.09 bits per heavy atom. The van der Waals surface area contributed by atoms with Crippen molar-refractivity contribution in [1.82, 2.24) is 4.57 Å². The molecule has 2 aromatic heterocycles. The molecule has 0 amide bonds. The maximum Gasteiger partial charge on any atom is 0.271 e. The van der Waals surface area contributed by atoms with E-state index in [0.29, 0.717) is 16.0 Å². The highest BCUT2D eigenvalue weighted by molar-refractivity contribution is 9.10. The van der Waals surface area contributed by atoms with E-state index in [4.69, 9.17) is 14.5 Å². The van der Waals surface area contributed by atoms with Gasteiger partial charge in [-0.2, -0.15) is 0 Å². The van der Waals surface area contributed by atoms with Gasteiger partial charge in [-0.3, -0.25) is 9.36 Å². The molecule has 1 aliphatic heterocycles. The summed E-state index contributed by atoms with van der Waals surface area (Å²) in [5.41, 5.74) is 5.48. The number of rotatable bonds is 4. The molecule has 176 valence electrons. The minimum atomic E-state index is -0.138. The lowest BCUT2D eigenvalue weighted by Crippen LogP contribution is -2.38. The van der Waals surface area contributed by atoms with Crippen LogP contribution in [0, 0.1) is 0 Å². The predicted octanol–water partition coefficient (Wildman–Crippen LogP) is 5.16. The fraction of sp³-hybridized carbons (Fsp3) is 0.185. The first-order valence-electron chi connectivity index (χ1n) is 11.2. The number of hydrogen-bond acceptors (Lipinski definition) is 6. The smallest absolute Gasteiger partial charge is 0.271 e. The van der Waals surface area contributed by atoms with Crippen LogP contribution in [0.3, 0.4) is 0 Å². The Bertz CT molecular complexity index is 1670. The molecule has 1 atom stereocenters. The fourth-order valence-electron chi connectivity index (χ4n) is 4.86. The van der Waals surface area contributed by atoms with Crippen LogP contribution in [0.2, 0.25) is 0 Å². The van der Waals surface area contributed by atoms with Crippen molar-refractivity contribution in [2.24, 2.45) is 4.99 Å². The molecular weight excluding hydrogens is 544 g/mol. The number of benzene rings is 2. The first-order chi connectivity index (χ1) is 17.1. The number of aromatic nitrogens is 1. The molecule has 0 spiro atoms. The van der Waals surface area contributed by atoms with Gasteiger partial charge in [-0.25, -0.2) is 4.99 Å². The lowest BCUT2D eigenvalue weighted by atomic mass is 9.85. The summed E-state index contributed by atoms with van der Waals surface area (Å²) < 4.78 is 14.3. The highest BCUT2D eigenvalue weighted by atomic mass is 79.9. The summed E-state index contributed by atoms with van der Waals surface area (Å²) in [5.74, 6) is 1.31. The zero-order chi connectivity index (χ0) is 24.1. The fourth-order valence-corrected chi connectivity index (χ4v) is 7.22. The highest BCUT2D eigenvalue weighted by Gasteiger charge is 2.33. The minimum absolute atomic E-state index is 0.0356. The van der Waals surface area contributed by atoms with Crippen molar-refractivity contribution in [2.45, 2.75) is 18.9 Å². The molecule has 6 rings (SSSR count). The zero-order valence-corrected chi connectivity index (χ0v) is 22.3. The van der Waals surface area contributed by atoms with Crippen molar-refractivity contribution >= 4 is 50.4 Å². The molecule has 0 fully saturated rings. The van der Waals surface area contributed by atoms with E-state index in [0.717, 1.165) is 38.3 Å². The van der Waals surface area contributed by atoms with Gasteiger partial charge in [0.1, 0.15) is 11.5 Å². The number of fused-ring (bicyclic) bond motifs is 3. The summed E-state index contributed by atoms with van der Waals surface area (Å²) in [6.07, 6.45) is 3.73. The standard InChI is InChI=1S/C27H21BrN2O3S2/c1-32-20-14-21(33-2)19(28)12-16(20)13-23-26(31)30-25(22-8-5-11-34-22)18-10-9-15-6-3-4-7-17(15)24(18)29-27(30)35-23/h3-8,11-14,25H,9-10H2,1-2H3/b23-13+. The lowest BCUT2D eigenvalue weighted by molar-refractivity contribution is 0.392. The number of allylic oxidation sites excluding steroid dienone is 1. The molecule has 5 nitrogen and oxygen atoms in total. The van der Waals surface area contributed by atoms with Crippen molar-refractivity contribution < 1.29 is 9.47 Å². The molecule has 0 bridgehead atoms. The molecule has 0 saturated heterocycles. The maximum absolute atomic E-state index is 13.8. The van der Waals surface area contributed by atoms with Gasteiger partial charge in [0.05, 0.1) is 35.0 Å². The van der Waals surface area contributed by atoms with Crippen LogP contribution in [0.1, 0.15) is 34.0 Å². The van der Waals surface area contributed by atoms with Crippen LogP contribution in [-0.4, -0.2) is 18.8 Å². The molecule has 0 radical (unpaired) electrons. The molecule has 2 aliphatic rings. The highest BCUT2D eigenvalue weighted by Crippen LogP contribution is 2.42. The van der Waals surface area contributed by atoms with E-state index in [2.05, 4.69) is 51.6 Å². The number of thiophene rings is 1. The van der Waals surface area contributed by atoms with Gasteiger partial charge in [0.15, 0.2) is 4.80 Å². The third kappa shape index (κ3) is 3.71. The van der Waals surface area contributed by atoms with Gasteiger partial charge in [-0.15, -0.1) is 11.3 Å². The average Bonchev–Trinajstić information content (AvgIpc) is 3.51. The van der Waals surface area contributed by atoms with Gasteiger partial charge in [0.2, 0.25) is 0 Å². The number of halogens is 1. The van der Waals surface area contributed by atoms with Gasteiger partial charge in [-0.1, -0.05) is 41.7 Å². The topological polar surface area (TPSA) is 52.8 Å². The summed E-state index contributed by atoms with van der Waals surface area (Å²) in [6.45, 7) is 0. The second-order valence-corrected chi connectivity index (χ2v) is 11.2. The van der Waals surface area contributed by atoms with Crippen LogP contribution in [0.4, 0.5) is 0 Å². The number of hydrogen-bond donors (Lipinski definition) is 0. The van der Waals surface area contributed by atoms with Crippen molar-refractivity contribution in [3.8, 4) is 11.5 Å². The average molecular weight is 566 g/mol. The summed E-state index contributed by atoms with van der Waals surface area (Å²) in [5, 5.41) is 2.07. The van der Waals surface area contributed by atoms with E-state index in [1.54, 1.807) is 25.6 Å². The van der Waals surface area contributed by atoms with Crippen LogP contribution >= 0.6 is 38.6 Å². The van der Waals surface area contributed by atoms with Gasteiger partial charge in [0, 0.05) is 22.1 Å². The third-order valence-electron chi connectivity index (χ3n) is 6.48. The number of ether oxygens (including phenoxy) is 2. The Morgan fingerprint density at radius 2 is 1.91 bits per heavy atom. The first-order valence-corrected chi connectivity index (χ1v) is 13.7. The molecule has 4 aromatic rings. The number of methoxy groups -OCH3 is 2. The molecule has 3 heterocycles. The summed E-state index contributed by atoms with van der Waals surface area (Å²) in [6, 6.07) is 16.2. The Kier molecular flexibility index (Phi) is 5.75. The summed E-state index contributed by atoms with van der Waals surface area (Å²) >= 11 is 6.65. The van der Waals surface area contributed by atoms with Crippen LogP contribution in [0.15, 0.2) is 73.7 Å². The normalized spacial score (nSPS) is 16.9. The Morgan fingerprint density at radius 3 is 2.69 bits per heavy atom. The molecule has 0 N–H and O–H groups in total. The van der Waals surface area contributed by atoms with Crippen LogP contribution in [-0.2, 0) is 6.42 Å². The van der Waals surface area contributed by atoms with Gasteiger partial charge in [-0.05, 0) is 63.5 Å². The van der Waals surface area contributed by atoms with Gasteiger partial charge < -0.3 is 9.47 Å². The van der Waals surface area contributed by atoms with Crippen LogP contribution in [0.5, 0.6) is 11.5 Å². The van der Waals surface area contributed by atoms with Crippen LogP contribution in [0.25, 0.3) is 11.8 Å². The predicted molar refractivity (Wildman–Crippen MR) is 144 cm³/mol. The first kappa shape index (κ1) is 22.5. The van der Waals surface area contributed by atoms with Crippen molar-refractivity contribution in [3.63, 3.8) is 0 Å². The molecule has 0 saturated carbocycles. The van der Waals surface area contributed by atoms with E-state index < -0.39 is 0 Å². The number of aryl methyl sites for hydroxylation is 1. The quantitative estimate of drug-likeness (QED) is 0.344. The summed E-state index contributed by atoms with van der Waals surface area (Å²) in [7, 11) is 3.23. The van der Waals surface area contributed by atoms with E-state index in [1.807, 2.05) is 28.8 Å². The van der Waals surface area contributed by atoms with Gasteiger partial charge in [0.25, 0.3) is 5.56 Å². The Hall–Kier alpha value is -2.94. The second-order valence-electron chi connectivity index (χ2n) is 8.36. The van der Waals surface area contributed by atoms with Crippen molar-refractivity contribution in [3.05, 3.63) is 105 Å². The number of thiazole rings is 1. The monoisotopic (exact) mass is 564 g/mol. The Balaban J connectivity index is 1.60. The second kappa shape index (κ2) is 8.93. The molecular formula is C27H21BrN2O3S2. The van der Waals surface area contributed by atoms with Crippen molar-refractivity contribution in [2.75, 3.05) is 14.2 Å². The summed E-state index contributed by atoms with van der Waals surface area (Å²) in [4.78, 5) is 20.8. The van der Waals surface area contributed by atoms with E-state index >= 15 is 0 Å². The number of nitrogens with zero attached hydrogens (tertiary/aromatic N) is 2. The van der Waals surface area contributed by atoms with Crippen molar-refractivity contribution in [1.29, 1.82) is 0 Å². The third-order valence-corrected chi connectivity index (χ3v) is 9.00. The van der Waals surface area contributed by atoms with E-state index in [1.165, 1.54) is 28.0 Å². The van der Waals surface area contributed by atoms with E-state index in [-0.39, 0.29) is 11.6 Å². The minimum Gasteiger partial charge on any atom is -0.496 e. The van der Waals surface area contributed by atoms with Crippen LogP contribution < -0.4 is 24.4 Å².